The van der Waals surface area contributed by atoms with Crippen LogP contribution in [0, 0.1) is 0 Å². The van der Waals surface area contributed by atoms with Crippen LogP contribution in [-0.2, 0) is 4.84 Å². The minimum Gasteiger partial charge on any atom is -0.497 e. The molecule has 0 aromatic heterocycles. The highest BCUT2D eigenvalue weighted by atomic mass is 16.7. The number of hydrogen-bond acceptors (Lipinski definition) is 3. The van der Waals surface area contributed by atoms with Crippen molar-refractivity contribution < 1.29 is 9.57 Å². The monoisotopic (exact) mass is 181 g/mol. The van der Waals surface area contributed by atoms with E-state index in [1.165, 1.54) is 0 Å². The first-order valence-electron chi connectivity index (χ1n) is 4.28. The lowest BCUT2D eigenvalue weighted by Crippen LogP contribution is -2.08. The Morgan fingerprint density at radius 3 is 2.23 bits per heavy atom. The van der Waals surface area contributed by atoms with Crippen molar-refractivity contribution in [2.45, 2.75) is 20.0 Å². The van der Waals surface area contributed by atoms with Gasteiger partial charge >= 0.3 is 0 Å². The first-order chi connectivity index (χ1) is 6.22. The molecule has 1 N–H and O–H groups in total. The average molecular weight is 181 g/mol. The van der Waals surface area contributed by atoms with Crippen LogP contribution >= 0.6 is 0 Å². The highest BCUT2D eigenvalue weighted by Crippen LogP contribution is 2.14. The van der Waals surface area contributed by atoms with E-state index in [4.69, 9.17) is 9.57 Å². The molecule has 0 bridgehead atoms. The van der Waals surface area contributed by atoms with Crippen molar-refractivity contribution in [3.05, 3.63) is 24.3 Å². The summed E-state index contributed by atoms with van der Waals surface area (Å²) in [4.78, 5) is 5.21. The molecule has 0 heterocycles. The lowest BCUT2D eigenvalue weighted by atomic mass is 10.3. The number of anilines is 1. The Kier molecular flexibility index (Phi) is 3.58. The standard InChI is InChI=1S/C10H15NO2/c1-8(2)13-11-9-4-6-10(12-3)7-5-9/h4-8,11H,1-3H3. The Balaban J connectivity index is 2.49. The topological polar surface area (TPSA) is 30.5 Å². The highest BCUT2D eigenvalue weighted by Gasteiger charge is 1.95. The largest absolute Gasteiger partial charge is 0.497 e. The maximum atomic E-state index is 5.21. The molecular formula is C10H15NO2. The van der Waals surface area contributed by atoms with Crippen LogP contribution in [0.2, 0.25) is 0 Å². The smallest absolute Gasteiger partial charge is 0.119 e. The summed E-state index contributed by atoms with van der Waals surface area (Å²) in [5.41, 5.74) is 3.77. The van der Waals surface area contributed by atoms with Gasteiger partial charge in [0.1, 0.15) is 5.75 Å². The fourth-order valence-corrected chi connectivity index (χ4v) is 0.845. The van der Waals surface area contributed by atoms with Gasteiger partial charge in [0.2, 0.25) is 0 Å². The summed E-state index contributed by atoms with van der Waals surface area (Å²) in [7, 11) is 1.65. The fraction of sp³-hybridized carbons (Fsp3) is 0.400. The lowest BCUT2D eigenvalue weighted by molar-refractivity contribution is 0.130. The van der Waals surface area contributed by atoms with Crippen molar-refractivity contribution >= 4 is 5.69 Å². The molecule has 0 fully saturated rings. The second-order valence-corrected chi connectivity index (χ2v) is 3.00. The Morgan fingerprint density at radius 1 is 1.15 bits per heavy atom. The molecule has 0 amide bonds. The highest BCUT2D eigenvalue weighted by molar-refractivity contribution is 5.44. The predicted octanol–water partition coefficient (Wildman–Crippen LogP) is 2.45. The maximum absolute atomic E-state index is 5.21. The van der Waals surface area contributed by atoms with Crippen molar-refractivity contribution in [3.8, 4) is 5.75 Å². The van der Waals surface area contributed by atoms with E-state index in [1.54, 1.807) is 7.11 Å². The molecule has 0 saturated carbocycles. The van der Waals surface area contributed by atoms with Gasteiger partial charge in [-0.2, -0.15) is 0 Å². The van der Waals surface area contributed by atoms with Crippen LogP contribution in [0.3, 0.4) is 0 Å². The molecule has 72 valence electrons. The summed E-state index contributed by atoms with van der Waals surface area (Å²) >= 11 is 0. The third-order valence-electron chi connectivity index (χ3n) is 1.50. The van der Waals surface area contributed by atoms with Crippen LogP contribution in [0.1, 0.15) is 13.8 Å². The molecule has 0 saturated heterocycles. The van der Waals surface area contributed by atoms with Crippen molar-refractivity contribution in [1.82, 2.24) is 0 Å². The molecule has 0 radical (unpaired) electrons. The molecule has 1 aromatic carbocycles. The van der Waals surface area contributed by atoms with Gasteiger partial charge in [-0.3, -0.25) is 10.3 Å². The van der Waals surface area contributed by atoms with Gasteiger partial charge in [0.25, 0.3) is 0 Å². The van der Waals surface area contributed by atoms with Crippen molar-refractivity contribution in [3.63, 3.8) is 0 Å². The molecule has 1 aromatic rings. The number of benzene rings is 1. The number of hydrogen-bond donors (Lipinski definition) is 1. The van der Waals surface area contributed by atoms with Crippen LogP contribution in [0.25, 0.3) is 0 Å². The first-order valence-corrected chi connectivity index (χ1v) is 4.28. The first kappa shape index (κ1) is 9.86. The molecular weight excluding hydrogens is 166 g/mol. The van der Waals surface area contributed by atoms with E-state index in [0.717, 1.165) is 11.4 Å². The van der Waals surface area contributed by atoms with Gasteiger partial charge in [0.05, 0.1) is 18.9 Å². The Labute approximate surface area is 78.6 Å². The Hall–Kier alpha value is -1.22. The van der Waals surface area contributed by atoms with Crippen LogP contribution in [0.15, 0.2) is 24.3 Å². The summed E-state index contributed by atoms with van der Waals surface area (Å²) in [6.45, 7) is 3.94. The van der Waals surface area contributed by atoms with E-state index < -0.39 is 0 Å². The molecule has 0 aliphatic carbocycles. The summed E-state index contributed by atoms with van der Waals surface area (Å²) < 4.78 is 5.03. The second kappa shape index (κ2) is 4.72. The van der Waals surface area contributed by atoms with Crippen LogP contribution in [-0.4, -0.2) is 13.2 Å². The number of rotatable bonds is 4. The summed E-state index contributed by atoms with van der Waals surface area (Å²) in [5, 5.41) is 0. The zero-order chi connectivity index (χ0) is 9.68. The number of nitrogens with one attached hydrogen (secondary N) is 1. The van der Waals surface area contributed by atoms with Crippen molar-refractivity contribution in [2.75, 3.05) is 12.6 Å². The minimum atomic E-state index is 0.169. The zero-order valence-electron chi connectivity index (χ0n) is 8.20. The molecule has 0 unspecified atom stereocenters. The minimum absolute atomic E-state index is 0.169. The van der Waals surface area contributed by atoms with Crippen LogP contribution in [0.4, 0.5) is 5.69 Å². The van der Waals surface area contributed by atoms with Gasteiger partial charge in [-0.25, -0.2) is 0 Å². The van der Waals surface area contributed by atoms with E-state index in [0.29, 0.717) is 0 Å². The normalized spacial score (nSPS) is 10.2. The maximum Gasteiger partial charge on any atom is 0.119 e. The van der Waals surface area contributed by atoms with E-state index >= 15 is 0 Å². The summed E-state index contributed by atoms with van der Waals surface area (Å²) in [6.07, 6.45) is 0.169. The predicted molar refractivity (Wildman–Crippen MR) is 52.8 cm³/mol. The van der Waals surface area contributed by atoms with Crippen LogP contribution in [0.5, 0.6) is 5.75 Å². The van der Waals surface area contributed by atoms with E-state index in [9.17, 15) is 0 Å². The SMILES string of the molecule is COc1ccc(NOC(C)C)cc1. The fourth-order valence-electron chi connectivity index (χ4n) is 0.845. The van der Waals surface area contributed by atoms with Gasteiger partial charge in [0, 0.05) is 0 Å². The zero-order valence-corrected chi connectivity index (χ0v) is 8.20. The molecule has 0 atom stereocenters. The van der Waals surface area contributed by atoms with Gasteiger partial charge in [0.15, 0.2) is 0 Å². The Bertz CT molecular complexity index is 244. The quantitative estimate of drug-likeness (QED) is 0.724. The molecule has 13 heavy (non-hydrogen) atoms. The van der Waals surface area contributed by atoms with E-state index in [1.807, 2.05) is 38.1 Å². The summed E-state index contributed by atoms with van der Waals surface area (Å²) in [6, 6.07) is 7.57. The van der Waals surface area contributed by atoms with Crippen LogP contribution < -0.4 is 10.2 Å². The van der Waals surface area contributed by atoms with Crippen molar-refractivity contribution in [2.24, 2.45) is 0 Å². The molecule has 0 aliphatic rings. The third kappa shape index (κ3) is 3.34. The molecule has 3 nitrogen and oxygen atoms in total. The lowest BCUT2D eigenvalue weighted by Gasteiger charge is -2.09. The van der Waals surface area contributed by atoms with E-state index in [2.05, 4.69) is 5.48 Å². The third-order valence-corrected chi connectivity index (χ3v) is 1.50. The van der Waals surface area contributed by atoms with Gasteiger partial charge in [-0.05, 0) is 38.1 Å². The summed E-state index contributed by atoms with van der Waals surface area (Å²) in [5.74, 6) is 0.843. The van der Waals surface area contributed by atoms with E-state index in [-0.39, 0.29) is 6.10 Å². The number of ether oxygens (including phenoxy) is 1. The van der Waals surface area contributed by atoms with Gasteiger partial charge in [-0.15, -0.1) is 0 Å². The molecule has 3 heteroatoms. The number of methoxy groups -OCH3 is 1. The second-order valence-electron chi connectivity index (χ2n) is 3.00. The van der Waals surface area contributed by atoms with Gasteiger partial charge < -0.3 is 4.74 Å². The Morgan fingerprint density at radius 2 is 1.77 bits per heavy atom. The molecule has 1 rings (SSSR count). The molecule has 0 aliphatic heterocycles. The average Bonchev–Trinajstić information content (AvgIpc) is 2.15. The van der Waals surface area contributed by atoms with Crippen molar-refractivity contribution in [1.29, 1.82) is 0 Å². The molecule has 0 spiro atoms. The van der Waals surface area contributed by atoms with Gasteiger partial charge in [-0.1, -0.05) is 0 Å².